The van der Waals surface area contributed by atoms with Gasteiger partial charge in [-0.2, -0.15) is 4.31 Å². The van der Waals surface area contributed by atoms with Crippen molar-refractivity contribution in [2.45, 2.75) is 44.6 Å². The SMILES string of the molecule is CC(=O)C[C@H]1CN(S(=O)(=O)c2ccc(C)cc2)[C@@H](Cc2ccccc2)C(c2ccccc2)=C1C(=O)c1ccc(C)cc1. The minimum Gasteiger partial charge on any atom is -0.300 e. The van der Waals surface area contributed by atoms with Crippen molar-refractivity contribution in [1.29, 1.82) is 0 Å². The maximum Gasteiger partial charge on any atom is 0.243 e. The van der Waals surface area contributed by atoms with Gasteiger partial charge in [0.15, 0.2) is 5.78 Å². The van der Waals surface area contributed by atoms with Crippen molar-refractivity contribution in [2.75, 3.05) is 6.54 Å². The smallest absolute Gasteiger partial charge is 0.243 e. The Morgan fingerprint density at radius 2 is 1.31 bits per heavy atom. The van der Waals surface area contributed by atoms with E-state index in [1.54, 1.807) is 36.4 Å². The molecule has 42 heavy (non-hydrogen) atoms. The van der Waals surface area contributed by atoms with E-state index in [1.807, 2.05) is 86.6 Å². The molecule has 1 heterocycles. The van der Waals surface area contributed by atoms with Gasteiger partial charge in [0.05, 0.1) is 10.9 Å². The van der Waals surface area contributed by atoms with Crippen molar-refractivity contribution in [3.05, 3.63) is 143 Å². The fourth-order valence-electron chi connectivity index (χ4n) is 5.78. The Kier molecular flexibility index (Phi) is 8.66. The summed E-state index contributed by atoms with van der Waals surface area (Å²) in [5.74, 6) is -0.889. The maximum absolute atomic E-state index is 14.4. The van der Waals surface area contributed by atoms with Crippen LogP contribution in [0.1, 0.15) is 46.0 Å². The predicted octanol–water partition coefficient (Wildman–Crippen LogP) is 6.85. The predicted molar refractivity (Wildman–Crippen MR) is 167 cm³/mol. The number of sulfonamides is 1. The molecule has 0 fully saturated rings. The Balaban J connectivity index is 1.79. The van der Waals surface area contributed by atoms with E-state index in [0.29, 0.717) is 23.1 Å². The van der Waals surface area contributed by atoms with Gasteiger partial charge < -0.3 is 4.79 Å². The average molecular weight is 578 g/mol. The van der Waals surface area contributed by atoms with Crippen LogP contribution in [0.25, 0.3) is 5.57 Å². The highest BCUT2D eigenvalue weighted by atomic mass is 32.2. The first-order chi connectivity index (χ1) is 20.1. The third kappa shape index (κ3) is 6.20. The molecule has 1 aliphatic rings. The molecule has 0 saturated carbocycles. The summed E-state index contributed by atoms with van der Waals surface area (Å²) in [6.45, 7) is 5.39. The molecule has 0 amide bonds. The van der Waals surface area contributed by atoms with E-state index in [-0.39, 0.29) is 29.4 Å². The van der Waals surface area contributed by atoms with Crippen LogP contribution in [0.2, 0.25) is 0 Å². The molecule has 5 rings (SSSR count). The molecule has 0 unspecified atom stereocenters. The topological polar surface area (TPSA) is 71.5 Å². The second-order valence-electron chi connectivity index (χ2n) is 11.1. The van der Waals surface area contributed by atoms with Crippen LogP contribution >= 0.6 is 0 Å². The van der Waals surface area contributed by atoms with Crippen LogP contribution in [0, 0.1) is 19.8 Å². The highest BCUT2D eigenvalue weighted by molar-refractivity contribution is 7.89. The van der Waals surface area contributed by atoms with Crippen LogP contribution in [0.5, 0.6) is 0 Å². The molecule has 0 aliphatic carbocycles. The number of hydrogen-bond donors (Lipinski definition) is 0. The monoisotopic (exact) mass is 577 g/mol. The summed E-state index contributed by atoms with van der Waals surface area (Å²) in [7, 11) is -4.00. The quantitative estimate of drug-likeness (QED) is 0.204. The number of carbonyl (C=O) groups is 2. The van der Waals surface area contributed by atoms with E-state index in [2.05, 4.69) is 0 Å². The molecular formula is C36H35NO4S. The van der Waals surface area contributed by atoms with Gasteiger partial charge in [-0.1, -0.05) is 108 Å². The zero-order chi connectivity index (χ0) is 29.9. The summed E-state index contributed by atoms with van der Waals surface area (Å²) >= 11 is 0. The summed E-state index contributed by atoms with van der Waals surface area (Å²) in [5, 5.41) is 0. The van der Waals surface area contributed by atoms with E-state index in [9.17, 15) is 18.0 Å². The number of nitrogens with zero attached hydrogens (tertiary/aromatic N) is 1. The van der Waals surface area contributed by atoms with Gasteiger partial charge in [-0.05, 0) is 56.0 Å². The van der Waals surface area contributed by atoms with Gasteiger partial charge in [-0.25, -0.2) is 8.42 Å². The molecule has 4 aromatic rings. The third-order valence-corrected chi connectivity index (χ3v) is 9.74. The number of carbonyl (C=O) groups excluding carboxylic acids is 2. The Morgan fingerprint density at radius 1 is 0.762 bits per heavy atom. The Morgan fingerprint density at radius 3 is 1.88 bits per heavy atom. The Hall–Kier alpha value is -4.13. The van der Waals surface area contributed by atoms with Crippen molar-refractivity contribution in [3.8, 4) is 0 Å². The average Bonchev–Trinajstić information content (AvgIpc) is 2.98. The Labute approximate surface area is 248 Å². The highest BCUT2D eigenvalue weighted by Gasteiger charge is 2.44. The van der Waals surface area contributed by atoms with E-state index < -0.39 is 22.0 Å². The van der Waals surface area contributed by atoms with E-state index in [0.717, 1.165) is 22.3 Å². The summed E-state index contributed by atoms with van der Waals surface area (Å²) in [4.78, 5) is 27.2. The van der Waals surface area contributed by atoms with Gasteiger partial charge in [-0.15, -0.1) is 0 Å². The molecule has 0 saturated heterocycles. The fraction of sp³-hybridized carbons (Fsp3) is 0.222. The first-order valence-corrected chi connectivity index (χ1v) is 15.6. The van der Waals surface area contributed by atoms with Crippen molar-refractivity contribution in [2.24, 2.45) is 5.92 Å². The lowest BCUT2D eigenvalue weighted by atomic mass is 9.76. The molecule has 6 heteroatoms. The van der Waals surface area contributed by atoms with E-state index in [1.165, 1.54) is 11.2 Å². The normalized spacial score (nSPS) is 17.7. The van der Waals surface area contributed by atoms with Crippen molar-refractivity contribution >= 4 is 27.2 Å². The summed E-state index contributed by atoms with van der Waals surface area (Å²) < 4.78 is 30.4. The first kappa shape index (κ1) is 29.4. The van der Waals surface area contributed by atoms with Crippen molar-refractivity contribution in [3.63, 3.8) is 0 Å². The van der Waals surface area contributed by atoms with Gasteiger partial charge >= 0.3 is 0 Å². The number of rotatable bonds is 9. The van der Waals surface area contributed by atoms with Crippen molar-refractivity contribution in [1.82, 2.24) is 4.31 Å². The van der Waals surface area contributed by atoms with Gasteiger partial charge in [0.25, 0.3) is 0 Å². The van der Waals surface area contributed by atoms with Crippen LogP contribution in [0.15, 0.2) is 120 Å². The summed E-state index contributed by atoms with van der Waals surface area (Å²) in [5.41, 5.74) is 5.39. The van der Waals surface area contributed by atoms with Crippen LogP contribution in [0.4, 0.5) is 0 Å². The molecule has 2 atom stereocenters. The largest absolute Gasteiger partial charge is 0.300 e. The minimum atomic E-state index is -4.00. The first-order valence-electron chi connectivity index (χ1n) is 14.2. The minimum absolute atomic E-state index is 0.0244. The van der Waals surface area contributed by atoms with Gasteiger partial charge in [0.2, 0.25) is 10.0 Å². The molecule has 5 nitrogen and oxygen atoms in total. The lowest BCUT2D eigenvalue weighted by Gasteiger charge is -2.42. The second-order valence-corrected chi connectivity index (χ2v) is 13.0. The van der Waals surface area contributed by atoms with Crippen molar-refractivity contribution < 1.29 is 18.0 Å². The number of benzene rings is 4. The van der Waals surface area contributed by atoms with Crippen LogP contribution in [0.3, 0.4) is 0 Å². The molecule has 4 aromatic carbocycles. The lowest BCUT2D eigenvalue weighted by molar-refractivity contribution is -0.117. The van der Waals surface area contributed by atoms with Crippen LogP contribution in [-0.4, -0.2) is 36.9 Å². The highest BCUT2D eigenvalue weighted by Crippen LogP contribution is 2.42. The molecule has 0 spiro atoms. The standard InChI is InChI=1S/C36H35NO4S/c1-25-14-18-30(19-15-25)36(39)35-31(22-27(3)38)24-37(42(40,41)32-20-16-26(2)17-21-32)33(23-28-10-6-4-7-11-28)34(35)29-12-8-5-9-13-29/h4-21,31,33H,22-24H2,1-3H3/t31-,33-/m0/s1. The van der Waals surface area contributed by atoms with Gasteiger partial charge in [0, 0.05) is 30.0 Å². The van der Waals surface area contributed by atoms with Gasteiger partial charge in [0.1, 0.15) is 5.78 Å². The van der Waals surface area contributed by atoms with E-state index >= 15 is 0 Å². The lowest BCUT2D eigenvalue weighted by Crippen LogP contribution is -2.50. The van der Waals surface area contributed by atoms with Crippen LogP contribution in [-0.2, 0) is 21.2 Å². The molecule has 0 aromatic heterocycles. The Bertz CT molecular complexity index is 1710. The molecule has 0 bridgehead atoms. The number of aryl methyl sites for hydroxylation is 2. The molecule has 1 aliphatic heterocycles. The zero-order valence-corrected chi connectivity index (χ0v) is 25.0. The summed E-state index contributed by atoms with van der Waals surface area (Å²) in [6.07, 6.45) is 0.425. The van der Waals surface area contributed by atoms with E-state index in [4.69, 9.17) is 0 Å². The van der Waals surface area contributed by atoms with Gasteiger partial charge in [-0.3, -0.25) is 4.79 Å². The number of ketones is 2. The van der Waals surface area contributed by atoms with Crippen LogP contribution < -0.4 is 0 Å². The number of hydrogen-bond acceptors (Lipinski definition) is 4. The second kappa shape index (κ2) is 12.4. The fourth-order valence-corrected chi connectivity index (χ4v) is 7.42. The zero-order valence-electron chi connectivity index (χ0n) is 24.2. The molecule has 0 radical (unpaired) electrons. The summed E-state index contributed by atoms with van der Waals surface area (Å²) in [6, 6.07) is 32.8. The molecule has 0 N–H and O–H groups in total. The maximum atomic E-state index is 14.4. The number of Topliss-reactive ketones (excluding diaryl/α,β-unsaturated/α-hetero) is 2. The third-order valence-electron chi connectivity index (χ3n) is 7.86. The molecule has 214 valence electrons. The molecular weight excluding hydrogens is 542 g/mol.